The van der Waals surface area contributed by atoms with E-state index in [4.69, 9.17) is 0 Å². The van der Waals surface area contributed by atoms with Crippen molar-refractivity contribution >= 4 is 43.5 Å². The van der Waals surface area contributed by atoms with Gasteiger partial charge in [-0.2, -0.15) is 13.2 Å². The van der Waals surface area contributed by atoms with Gasteiger partial charge in [0.2, 0.25) is 21.8 Å². The molecular formula is C26H33BrF3N3O4S. The van der Waals surface area contributed by atoms with E-state index in [1.54, 1.807) is 6.92 Å². The summed E-state index contributed by atoms with van der Waals surface area (Å²) in [5.41, 5.74) is -0.309. The van der Waals surface area contributed by atoms with Crippen molar-refractivity contribution in [2.75, 3.05) is 23.7 Å². The Bertz CT molecular complexity index is 1200. The predicted octanol–water partition coefficient (Wildman–Crippen LogP) is 5.20. The van der Waals surface area contributed by atoms with Gasteiger partial charge in [0, 0.05) is 30.5 Å². The van der Waals surface area contributed by atoms with Crippen molar-refractivity contribution in [3.8, 4) is 0 Å². The van der Waals surface area contributed by atoms with Crippen molar-refractivity contribution < 1.29 is 31.2 Å². The normalized spacial score (nSPS) is 12.8. The molecule has 1 N–H and O–H groups in total. The number of carbonyl (C=O) groups is 2. The highest BCUT2D eigenvalue weighted by Gasteiger charge is 2.32. The standard InChI is InChI=1S/C26H33BrF3N3O4S/c1-18(2)16-31-25(35)19(3)32(17-20-10-12-22(27)13-11-20)24(34)9-6-14-33(38(4,36)37)23-8-5-7-21(15-23)26(28,29)30/h5,7-8,10-13,15,18-19H,6,9,14,16-17H2,1-4H3,(H,31,35)/t19-/m0/s1. The Kier molecular flexibility index (Phi) is 11.2. The van der Waals surface area contributed by atoms with Crippen molar-refractivity contribution in [3.63, 3.8) is 0 Å². The van der Waals surface area contributed by atoms with Crippen molar-refractivity contribution in [2.24, 2.45) is 5.92 Å². The summed E-state index contributed by atoms with van der Waals surface area (Å²) in [7, 11) is -3.92. The van der Waals surface area contributed by atoms with Gasteiger partial charge in [-0.15, -0.1) is 0 Å². The molecular weight excluding hydrogens is 587 g/mol. The van der Waals surface area contributed by atoms with Crippen LogP contribution < -0.4 is 9.62 Å². The van der Waals surface area contributed by atoms with Crippen molar-refractivity contribution in [3.05, 3.63) is 64.1 Å². The first kappa shape index (κ1) is 31.6. The van der Waals surface area contributed by atoms with Crippen molar-refractivity contribution in [1.29, 1.82) is 0 Å². The molecule has 0 aliphatic heterocycles. The van der Waals surface area contributed by atoms with Gasteiger partial charge in [-0.3, -0.25) is 13.9 Å². The second-order valence-corrected chi connectivity index (χ2v) is 12.3. The van der Waals surface area contributed by atoms with Gasteiger partial charge in [0.05, 0.1) is 17.5 Å². The lowest BCUT2D eigenvalue weighted by atomic mass is 10.1. The van der Waals surface area contributed by atoms with Crippen LogP contribution in [0.25, 0.3) is 0 Å². The number of alkyl halides is 3. The predicted molar refractivity (Wildman–Crippen MR) is 145 cm³/mol. The topological polar surface area (TPSA) is 86.8 Å². The molecule has 0 unspecified atom stereocenters. The molecule has 2 aromatic rings. The molecule has 210 valence electrons. The molecule has 2 amide bonds. The van der Waals surface area contributed by atoms with Crippen LogP contribution in [0.4, 0.5) is 18.9 Å². The second kappa shape index (κ2) is 13.5. The average molecular weight is 621 g/mol. The minimum Gasteiger partial charge on any atom is -0.354 e. The van der Waals surface area contributed by atoms with Crippen LogP contribution in [0.1, 0.15) is 44.7 Å². The summed E-state index contributed by atoms with van der Waals surface area (Å²) in [5, 5.41) is 2.83. The van der Waals surface area contributed by atoms with Gasteiger partial charge >= 0.3 is 6.18 Å². The average Bonchev–Trinajstić information content (AvgIpc) is 2.83. The molecule has 0 bridgehead atoms. The van der Waals surface area contributed by atoms with Crippen LogP contribution in [-0.4, -0.2) is 50.5 Å². The van der Waals surface area contributed by atoms with Gasteiger partial charge in [0.25, 0.3) is 0 Å². The van der Waals surface area contributed by atoms with E-state index in [1.165, 1.54) is 11.0 Å². The number of sulfonamides is 1. The third-order valence-corrected chi connectivity index (χ3v) is 7.45. The summed E-state index contributed by atoms with van der Waals surface area (Å²) < 4.78 is 66.0. The maximum absolute atomic E-state index is 13.3. The van der Waals surface area contributed by atoms with Gasteiger partial charge in [-0.1, -0.05) is 48.0 Å². The summed E-state index contributed by atoms with van der Waals surface area (Å²) in [6, 6.07) is 10.5. The van der Waals surface area contributed by atoms with Crippen LogP contribution in [0.15, 0.2) is 53.0 Å². The Labute approximate surface area is 230 Å². The molecule has 0 aromatic heterocycles. The van der Waals surface area contributed by atoms with Gasteiger partial charge in [-0.05, 0) is 55.2 Å². The lowest BCUT2D eigenvalue weighted by Crippen LogP contribution is -2.48. The maximum atomic E-state index is 13.3. The Balaban J connectivity index is 2.20. The minimum absolute atomic E-state index is 0.0410. The number of anilines is 1. The van der Waals surface area contributed by atoms with E-state index in [2.05, 4.69) is 21.2 Å². The summed E-state index contributed by atoms with van der Waals surface area (Å²) >= 11 is 3.36. The zero-order valence-corrected chi connectivity index (χ0v) is 24.2. The molecule has 2 rings (SSSR count). The van der Waals surface area contributed by atoms with Gasteiger partial charge in [0.15, 0.2) is 0 Å². The molecule has 12 heteroatoms. The van der Waals surface area contributed by atoms with Crippen molar-refractivity contribution in [1.82, 2.24) is 10.2 Å². The highest BCUT2D eigenvalue weighted by atomic mass is 79.9. The fourth-order valence-electron chi connectivity index (χ4n) is 3.66. The molecule has 38 heavy (non-hydrogen) atoms. The lowest BCUT2D eigenvalue weighted by molar-refractivity contribution is -0.140. The third kappa shape index (κ3) is 9.61. The summed E-state index contributed by atoms with van der Waals surface area (Å²) in [4.78, 5) is 27.5. The number of nitrogens with zero attached hydrogens (tertiary/aromatic N) is 2. The molecule has 7 nitrogen and oxygen atoms in total. The molecule has 0 aliphatic carbocycles. The van der Waals surface area contributed by atoms with E-state index in [9.17, 15) is 31.2 Å². The number of rotatable bonds is 12. The fourth-order valence-corrected chi connectivity index (χ4v) is 4.88. The SMILES string of the molecule is CC(C)CNC(=O)[C@H](C)N(Cc1ccc(Br)cc1)C(=O)CCCN(c1cccc(C(F)(F)F)c1)S(C)(=O)=O. The van der Waals surface area contributed by atoms with Crippen LogP contribution >= 0.6 is 15.9 Å². The first-order chi connectivity index (χ1) is 17.6. The van der Waals surface area contributed by atoms with Gasteiger partial charge < -0.3 is 10.2 Å². The number of amides is 2. The number of benzene rings is 2. The first-order valence-electron chi connectivity index (χ1n) is 12.1. The van der Waals surface area contributed by atoms with Crippen LogP contribution in [0, 0.1) is 5.92 Å². The number of hydrogen-bond donors (Lipinski definition) is 1. The van der Waals surface area contributed by atoms with Crippen molar-refractivity contribution in [2.45, 2.75) is 52.4 Å². The molecule has 1 atom stereocenters. The van der Waals surface area contributed by atoms with E-state index in [0.29, 0.717) is 6.54 Å². The monoisotopic (exact) mass is 619 g/mol. The van der Waals surface area contributed by atoms with E-state index >= 15 is 0 Å². The summed E-state index contributed by atoms with van der Waals surface area (Å²) in [5.74, 6) is -0.469. The molecule has 0 saturated carbocycles. The highest BCUT2D eigenvalue weighted by Crippen LogP contribution is 2.32. The molecule has 0 saturated heterocycles. The zero-order valence-electron chi connectivity index (χ0n) is 21.8. The zero-order chi connectivity index (χ0) is 28.7. The first-order valence-corrected chi connectivity index (χ1v) is 14.7. The largest absolute Gasteiger partial charge is 0.416 e. The highest BCUT2D eigenvalue weighted by molar-refractivity contribution is 9.10. The number of nitrogens with one attached hydrogen (secondary N) is 1. The maximum Gasteiger partial charge on any atom is 0.416 e. The second-order valence-electron chi connectivity index (χ2n) is 9.45. The van der Waals surface area contributed by atoms with Crippen LogP contribution in [0.3, 0.4) is 0 Å². The summed E-state index contributed by atoms with van der Waals surface area (Å²) in [6.45, 7) is 5.93. The Morgan fingerprint density at radius 3 is 2.24 bits per heavy atom. The van der Waals surface area contributed by atoms with E-state index in [0.717, 1.165) is 38.8 Å². The molecule has 0 spiro atoms. The minimum atomic E-state index is -4.63. The van der Waals surface area contributed by atoms with E-state index < -0.39 is 27.8 Å². The number of halogens is 4. The van der Waals surface area contributed by atoms with Crippen LogP contribution in [0.2, 0.25) is 0 Å². The molecule has 0 aliphatic rings. The fraction of sp³-hybridized carbons (Fsp3) is 0.462. The lowest BCUT2D eigenvalue weighted by Gasteiger charge is -2.29. The Morgan fingerprint density at radius 2 is 1.68 bits per heavy atom. The Morgan fingerprint density at radius 1 is 1.05 bits per heavy atom. The molecule has 0 radical (unpaired) electrons. The smallest absolute Gasteiger partial charge is 0.354 e. The van der Waals surface area contributed by atoms with E-state index in [-0.39, 0.29) is 49.4 Å². The van der Waals surface area contributed by atoms with E-state index in [1.807, 2.05) is 38.1 Å². The van der Waals surface area contributed by atoms with Gasteiger partial charge in [-0.25, -0.2) is 8.42 Å². The summed E-state index contributed by atoms with van der Waals surface area (Å²) in [6.07, 6.45) is -3.80. The number of carbonyl (C=O) groups excluding carboxylic acids is 2. The molecule has 0 heterocycles. The molecule has 2 aromatic carbocycles. The number of hydrogen-bond acceptors (Lipinski definition) is 4. The van der Waals surface area contributed by atoms with Gasteiger partial charge in [0.1, 0.15) is 6.04 Å². The quantitative estimate of drug-likeness (QED) is 0.354. The Hall–Kier alpha value is -2.60. The van der Waals surface area contributed by atoms with Crippen LogP contribution in [-0.2, 0) is 32.3 Å². The third-order valence-electron chi connectivity index (χ3n) is 5.73. The molecule has 0 fully saturated rings. The van der Waals surface area contributed by atoms with Crippen LogP contribution in [0.5, 0.6) is 0 Å².